The smallest absolute Gasteiger partial charge is 0.0809 e. The van der Waals surface area contributed by atoms with Gasteiger partial charge in [-0.05, 0) is 0 Å². The van der Waals surface area contributed by atoms with Gasteiger partial charge in [0.15, 0.2) is 0 Å². The molecular formula is C14H4Cl10OS. The van der Waals surface area contributed by atoms with Crippen LogP contribution in [0.3, 0.4) is 0 Å². The molecule has 0 heterocycles. The first kappa shape index (κ1) is 23.8. The first-order chi connectivity index (χ1) is 12.0. The Bertz CT molecular complexity index is 795. The van der Waals surface area contributed by atoms with Gasteiger partial charge in [0.1, 0.15) is 0 Å². The molecule has 0 atom stereocenters. The van der Waals surface area contributed by atoms with E-state index >= 15 is 0 Å². The number of benzene rings is 2. The van der Waals surface area contributed by atoms with Crippen LogP contribution in [0.15, 0.2) is 0 Å². The van der Waals surface area contributed by atoms with Gasteiger partial charge in [0.2, 0.25) is 0 Å². The molecule has 142 valence electrons. The van der Waals surface area contributed by atoms with Gasteiger partial charge in [0.25, 0.3) is 0 Å². The highest BCUT2D eigenvalue weighted by molar-refractivity contribution is 7.83. The fraction of sp³-hybridized carbons (Fsp3) is 0.143. The SMILES string of the molecule is O=S(Cc1c(Cl)c(Cl)c(Cl)c(Cl)c1Cl)Cc1c(Cl)c(Cl)c(Cl)c(Cl)c1Cl. The van der Waals surface area contributed by atoms with E-state index in [1.165, 1.54) is 0 Å². The maximum atomic E-state index is 12.6. The zero-order valence-corrected chi connectivity index (χ0v) is 20.4. The largest absolute Gasteiger partial charge is 0.259 e. The van der Waals surface area contributed by atoms with E-state index in [9.17, 15) is 4.21 Å². The molecule has 0 saturated carbocycles. The standard InChI is InChI=1S/C14H4Cl10OS/c15-5-3(6(16)10(20)13(23)9(5)19)1-26(25)2-4-7(17)11(21)14(24)12(22)8(4)18/h1-2H2. The molecule has 26 heavy (non-hydrogen) atoms. The molecule has 0 spiro atoms. The second kappa shape index (κ2) is 9.53. The Morgan fingerprint density at radius 1 is 0.423 bits per heavy atom. The third-order valence-corrected chi connectivity index (χ3v) is 9.14. The van der Waals surface area contributed by atoms with Crippen molar-refractivity contribution in [1.29, 1.82) is 0 Å². The van der Waals surface area contributed by atoms with Crippen molar-refractivity contribution in [3.63, 3.8) is 0 Å². The van der Waals surface area contributed by atoms with Crippen LogP contribution in [0.4, 0.5) is 0 Å². The van der Waals surface area contributed by atoms with E-state index in [0.717, 1.165) is 0 Å². The molecule has 1 nitrogen and oxygen atoms in total. The molecule has 0 aliphatic heterocycles. The second-order valence-electron chi connectivity index (χ2n) is 4.83. The fourth-order valence-electron chi connectivity index (χ4n) is 1.93. The Labute approximate surface area is 202 Å². The van der Waals surface area contributed by atoms with E-state index in [1.807, 2.05) is 0 Å². The van der Waals surface area contributed by atoms with Gasteiger partial charge in [-0.25, -0.2) is 0 Å². The van der Waals surface area contributed by atoms with Gasteiger partial charge in [0, 0.05) is 21.9 Å². The highest BCUT2D eigenvalue weighted by Crippen LogP contribution is 2.46. The molecule has 0 amide bonds. The van der Waals surface area contributed by atoms with E-state index in [4.69, 9.17) is 116 Å². The maximum Gasteiger partial charge on any atom is 0.0809 e. The molecule has 0 bridgehead atoms. The lowest BCUT2D eigenvalue weighted by atomic mass is 10.2. The van der Waals surface area contributed by atoms with Crippen molar-refractivity contribution in [2.24, 2.45) is 0 Å². The predicted molar refractivity (Wildman–Crippen MR) is 119 cm³/mol. The average molecular weight is 575 g/mol. The molecule has 0 saturated heterocycles. The first-order valence-electron chi connectivity index (χ1n) is 6.34. The van der Waals surface area contributed by atoms with E-state index in [2.05, 4.69) is 0 Å². The van der Waals surface area contributed by atoms with Crippen molar-refractivity contribution < 1.29 is 4.21 Å². The lowest BCUT2D eigenvalue weighted by Crippen LogP contribution is -2.03. The maximum absolute atomic E-state index is 12.6. The monoisotopic (exact) mass is 570 g/mol. The summed E-state index contributed by atoms with van der Waals surface area (Å²) < 4.78 is 12.6. The Morgan fingerprint density at radius 2 is 0.615 bits per heavy atom. The molecule has 0 aliphatic rings. The molecule has 2 aromatic carbocycles. The molecule has 0 unspecified atom stereocenters. The average Bonchev–Trinajstić information content (AvgIpc) is 2.62. The van der Waals surface area contributed by atoms with Crippen LogP contribution in [0, 0.1) is 0 Å². The summed E-state index contributed by atoms with van der Waals surface area (Å²) in [7, 11) is -1.57. The van der Waals surface area contributed by atoms with Crippen LogP contribution in [0.2, 0.25) is 50.2 Å². The van der Waals surface area contributed by atoms with E-state index in [1.54, 1.807) is 0 Å². The third kappa shape index (κ3) is 4.63. The zero-order valence-electron chi connectivity index (χ0n) is 12.0. The van der Waals surface area contributed by atoms with Crippen LogP contribution in [-0.2, 0) is 22.3 Å². The van der Waals surface area contributed by atoms with Crippen molar-refractivity contribution in [3.05, 3.63) is 61.4 Å². The van der Waals surface area contributed by atoms with Crippen LogP contribution in [-0.4, -0.2) is 4.21 Å². The molecule has 0 aromatic heterocycles. The highest BCUT2D eigenvalue weighted by Gasteiger charge is 2.24. The van der Waals surface area contributed by atoms with Gasteiger partial charge in [-0.1, -0.05) is 116 Å². The van der Waals surface area contributed by atoms with Gasteiger partial charge < -0.3 is 0 Å². The summed E-state index contributed by atoms with van der Waals surface area (Å²) in [5.41, 5.74) is 0.564. The van der Waals surface area contributed by atoms with Gasteiger partial charge in [0.05, 0.1) is 61.7 Å². The van der Waals surface area contributed by atoms with Crippen molar-refractivity contribution in [2.45, 2.75) is 11.5 Å². The highest BCUT2D eigenvalue weighted by atomic mass is 35.5. The van der Waals surface area contributed by atoms with E-state index in [-0.39, 0.29) is 72.9 Å². The summed E-state index contributed by atoms with van der Waals surface area (Å²) in [6.07, 6.45) is 0. The number of hydrogen-bond acceptors (Lipinski definition) is 1. The molecule has 2 aromatic rings. The fourth-order valence-corrected chi connectivity index (χ4v) is 6.19. The van der Waals surface area contributed by atoms with E-state index < -0.39 is 10.8 Å². The molecule has 0 radical (unpaired) electrons. The van der Waals surface area contributed by atoms with Gasteiger partial charge in [-0.3, -0.25) is 4.21 Å². The summed E-state index contributed by atoms with van der Waals surface area (Å²) in [4.78, 5) is 0. The number of hydrogen-bond donors (Lipinski definition) is 0. The first-order valence-corrected chi connectivity index (χ1v) is 11.6. The summed E-state index contributed by atoms with van der Waals surface area (Å²) in [6, 6.07) is 0. The zero-order chi connectivity index (χ0) is 19.9. The van der Waals surface area contributed by atoms with E-state index in [0.29, 0.717) is 0 Å². The summed E-state index contributed by atoms with van der Waals surface area (Å²) in [5, 5.41) is 0.332. The topological polar surface area (TPSA) is 17.1 Å². The minimum atomic E-state index is -1.57. The lowest BCUT2D eigenvalue weighted by molar-refractivity contribution is 0.682. The minimum Gasteiger partial charge on any atom is -0.259 e. The van der Waals surface area contributed by atoms with Crippen molar-refractivity contribution >= 4 is 127 Å². The Morgan fingerprint density at radius 3 is 0.846 bits per heavy atom. The molecule has 2 rings (SSSR count). The summed E-state index contributed by atoms with van der Waals surface area (Å²) >= 11 is 60.5. The number of halogens is 10. The molecule has 0 aliphatic carbocycles. The van der Waals surface area contributed by atoms with Crippen LogP contribution in [0.1, 0.15) is 11.1 Å². The summed E-state index contributed by atoms with van der Waals surface area (Å²) in [5.74, 6) is -0.169. The van der Waals surface area contributed by atoms with Gasteiger partial charge >= 0.3 is 0 Å². The van der Waals surface area contributed by atoms with Crippen molar-refractivity contribution in [1.82, 2.24) is 0 Å². The predicted octanol–water partition coefficient (Wildman–Crippen LogP) is 9.67. The van der Waals surface area contributed by atoms with Crippen molar-refractivity contribution in [2.75, 3.05) is 0 Å². The van der Waals surface area contributed by atoms with Crippen LogP contribution >= 0.6 is 116 Å². The quantitative estimate of drug-likeness (QED) is 0.262. The normalized spacial score (nSPS) is 11.5. The van der Waals surface area contributed by atoms with Crippen LogP contribution < -0.4 is 0 Å². The third-order valence-electron chi connectivity index (χ3n) is 3.21. The van der Waals surface area contributed by atoms with Crippen molar-refractivity contribution in [3.8, 4) is 0 Å². The Balaban J connectivity index is 2.41. The Kier molecular flexibility index (Phi) is 8.71. The molecule has 0 fully saturated rings. The second-order valence-corrected chi connectivity index (χ2v) is 10.1. The molecular weight excluding hydrogens is 571 g/mol. The Hall–Kier alpha value is 1.49. The molecule has 0 N–H and O–H groups in total. The molecule has 12 heteroatoms. The number of rotatable bonds is 4. The minimum absolute atomic E-state index is 0.0141. The summed E-state index contributed by atoms with van der Waals surface area (Å²) in [6.45, 7) is 0. The lowest BCUT2D eigenvalue weighted by Gasteiger charge is -2.14. The van der Waals surface area contributed by atoms with Gasteiger partial charge in [-0.15, -0.1) is 0 Å². The van der Waals surface area contributed by atoms with Crippen LogP contribution in [0.25, 0.3) is 0 Å². The van der Waals surface area contributed by atoms with Gasteiger partial charge in [-0.2, -0.15) is 0 Å². The van der Waals surface area contributed by atoms with Crippen LogP contribution in [0.5, 0.6) is 0 Å².